The number of para-hydroxylation sites is 1. The lowest BCUT2D eigenvalue weighted by Gasteiger charge is -2.26. The maximum Gasteiger partial charge on any atom is 0.258 e. The van der Waals surface area contributed by atoms with Crippen molar-refractivity contribution in [3.05, 3.63) is 53.6 Å². The SMILES string of the molecule is C[C@@H]1CC[C@H](C)N1c1ncc(C(=O)N[C@@H](C)/C=C/S(C)(=O)=O)c(Oc2ccccc2)n1. The standard InChI is InChI=1S/C22H28N4O4S/c1-15(12-13-31(4,28)29)24-20(27)19-14-23-22(26-16(2)10-11-17(26)3)25-21(19)30-18-8-6-5-7-9-18/h5-9,12-17H,10-11H2,1-4H3,(H,24,27)/b13-12+/t15-,16-,17+/m0/s1. The molecule has 1 fully saturated rings. The highest BCUT2D eigenvalue weighted by molar-refractivity contribution is 7.93. The van der Waals surface area contributed by atoms with Crippen LogP contribution in [0.4, 0.5) is 5.95 Å². The van der Waals surface area contributed by atoms with Crippen molar-refractivity contribution in [2.75, 3.05) is 11.2 Å². The summed E-state index contributed by atoms with van der Waals surface area (Å²) in [5.74, 6) is 0.767. The first-order chi connectivity index (χ1) is 14.6. The quantitative estimate of drug-likeness (QED) is 0.699. The second-order valence-electron chi connectivity index (χ2n) is 7.91. The molecule has 1 aliphatic heterocycles. The van der Waals surface area contributed by atoms with Gasteiger partial charge in [0.1, 0.15) is 11.3 Å². The first-order valence-electron chi connectivity index (χ1n) is 10.2. The number of ether oxygens (including phenoxy) is 1. The number of carbonyl (C=O) groups excluding carboxylic acids is 1. The number of aromatic nitrogens is 2. The zero-order valence-corrected chi connectivity index (χ0v) is 19.0. The van der Waals surface area contributed by atoms with Crippen molar-refractivity contribution in [1.82, 2.24) is 15.3 Å². The highest BCUT2D eigenvalue weighted by Gasteiger charge is 2.30. The molecule has 3 atom stereocenters. The summed E-state index contributed by atoms with van der Waals surface area (Å²) in [6, 6.07) is 9.17. The Morgan fingerprint density at radius 3 is 2.48 bits per heavy atom. The van der Waals surface area contributed by atoms with E-state index in [4.69, 9.17) is 4.74 Å². The molecule has 0 saturated carbocycles. The average Bonchev–Trinajstić information content (AvgIpc) is 3.05. The van der Waals surface area contributed by atoms with Gasteiger partial charge in [-0.3, -0.25) is 4.79 Å². The molecule has 1 N–H and O–H groups in total. The predicted octanol–water partition coefficient (Wildman–Crippen LogP) is 3.32. The fraction of sp³-hybridized carbons (Fsp3) is 0.409. The Balaban J connectivity index is 1.91. The van der Waals surface area contributed by atoms with E-state index in [9.17, 15) is 13.2 Å². The molecule has 1 saturated heterocycles. The van der Waals surface area contributed by atoms with Crippen LogP contribution in [0.2, 0.25) is 0 Å². The summed E-state index contributed by atoms with van der Waals surface area (Å²) >= 11 is 0. The summed E-state index contributed by atoms with van der Waals surface area (Å²) in [7, 11) is -3.28. The van der Waals surface area contributed by atoms with Crippen molar-refractivity contribution in [1.29, 1.82) is 0 Å². The fourth-order valence-corrected chi connectivity index (χ4v) is 4.02. The molecule has 31 heavy (non-hydrogen) atoms. The normalized spacial score (nSPS) is 20.1. The van der Waals surface area contributed by atoms with Crippen LogP contribution in [0.5, 0.6) is 11.6 Å². The third-order valence-corrected chi connectivity index (χ3v) is 5.75. The van der Waals surface area contributed by atoms with Gasteiger partial charge >= 0.3 is 0 Å². The molecule has 0 radical (unpaired) electrons. The van der Waals surface area contributed by atoms with Crippen LogP contribution in [-0.2, 0) is 9.84 Å². The molecule has 1 amide bonds. The lowest BCUT2D eigenvalue weighted by Crippen LogP contribution is -2.35. The summed E-state index contributed by atoms with van der Waals surface area (Å²) in [5.41, 5.74) is 0.173. The van der Waals surface area contributed by atoms with Crippen LogP contribution in [0.15, 0.2) is 48.0 Å². The van der Waals surface area contributed by atoms with Gasteiger partial charge in [0, 0.05) is 36.0 Å². The Morgan fingerprint density at radius 2 is 1.87 bits per heavy atom. The number of hydrogen-bond donors (Lipinski definition) is 1. The van der Waals surface area contributed by atoms with Gasteiger partial charge in [0.2, 0.25) is 11.8 Å². The predicted molar refractivity (Wildman–Crippen MR) is 120 cm³/mol. The third-order valence-electron chi connectivity index (χ3n) is 5.10. The van der Waals surface area contributed by atoms with E-state index in [1.807, 2.05) is 18.2 Å². The minimum absolute atomic E-state index is 0.152. The number of benzene rings is 1. The van der Waals surface area contributed by atoms with E-state index in [0.29, 0.717) is 23.8 Å². The van der Waals surface area contributed by atoms with Crippen LogP contribution in [0.1, 0.15) is 44.0 Å². The Kier molecular flexibility index (Phi) is 6.94. The lowest BCUT2D eigenvalue weighted by molar-refractivity contribution is 0.0943. The Labute approximate surface area is 183 Å². The topological polar surface area (TPSA) is 101 Å². The minimum atomic E-state index is -3.28. The van der Waals surface area contributed by atoms with E-state index in [2.05, 4.69) is 34.0 Å². The Morgan fingerprint density at radius 1 is 1.23 bits per heavy atom. The molecule has 0 unspecified atom stereocenters. The van der Waals surface area contributed by atoms with Crippen LogP contribution in [-0.4, -0.2) is 48.7 Å². The van der Waals surface area contributed by atoms with Crippen molar-refractivity contribution in [3.8, 4) is 11.6 Å². The number of hydrogen-bond acceptors (Lipinski definition) is 7. The van der Waals surface area contributed by atoms with Crippen LogP contribution in [0.25, 0.3) is 0 Å². The van der Waals surface area contributed by atoms with Gasteiger partial charge in [-0.2, -0.15) is 4.98 Å². The van der Waals surface area contributed by atoms with E-state index in [0.717, 1.165) is 24.5 Å². The van der Waals surface area contributed by atoms with Gasteiger partial charge in [-0.25, -0.2) is 13.4 Å². The summed E-state index contributed by atoms with van der Waals surface area (Å²) < 4.78 is 28.6. The number of amides is 1. The van der Waals surface area contributed by atoms with Crippen molar-refractivity contribution in [3.63, 3.8) is 0 Å². The van der Waals surface area contributed by atoms with Gasteiger partial charge < -0.3 is 15.0 Å². The highest BCUT2D eigenvalue weighted by atomic mass is 32.2. The van der Waals surface area contributed by atoms with Gasteiger partial charge in [0.25, 0.3) is 5.91 Å². The number of carbonyl (C=O) groups is 1. The first kappa shape index (κ1) is 22.7. The summed E-state index contributed by atoms with van der Waals surface area (Å²) in [4.78, 5) is 24.0. The number of anilines is 1. The molecule has 1 aromatic carbocycles. The molecule has 8 nitrogen and oxygen atoms in total. The van der Waals surface area contributed by atoms with Crippen LogP contribution in [0, 0.1) is 0 Å². The molecule has 2 aromatic rings. The minimum Gasteiger partial charge on any atom is -0.438 e. The zero-order chi connectivity index (χ0) is 22.6. The number of nitrogens with zero attached hydrogens (tertiary/aromatic N) is 3. The van der Waals surface area contributed by atoms with Crippen molar-refractivity contribution in [2.24, 2.45) is 0 Å². The van der Waals surface area contributed by atoms with Gasteiger partial charge in [0.05, 0.1) is 0 Å². The molecule has 0 spiro atoms. The second-order valence-corrected chi connectivity index (χ2v) is 9.84. The summed E-state index contributed by atoms with van der Waals surface area (Å²) in [6.07, 6.45) is 6.06. The van der Waals surface area contributed by atoms with E-state index in [1.54, 1.807) is 19.1 Å². The third kappa shape index (κ3) is 6.04. The van der Waals surface area contributed by atoms with E-state index in [1.165, 1.54) is 12.3 Å². The smallest absolute Gasteiger partial charge is 0.258 e. The molecule has 3 rings (SSSR count). The maximum absolute atomic E-state index is 12.9. The van der Waals surface area contributed by atoms with Crippen LogP contribution >= 0.6 is 0 Å². The molecular formula is C22H28N4O4S. The maximum atomic E-state index is 12.9. The van der Waals surface area contributed by atoms with Gasteiger partial charge in [-0.15, -0.1) is 0 Å². The van der Waals surface area contributed by atoms with Crippen molar-refractivity contribution < 1.29 is 17.9 Å². The van der Waals surface area contributed by atoms with Crippen molar-refractivity contribution >= 4 is 21.7 Å². The molecule has 1 aliphatic rings. The van der Waals surface area contributed by atoms with Gasteiger partial charge in [0.15, 0.2) is 9.84 Å². The Bertz CT molecular complexity index is 1050. The molecule has 0 bridgehead atoms. The van der Waals surface area contributed by atoms with E-state index < -0.39 is 21.8 Å². The van der Waals surface area contributed by atoms with Gasteiger partial charge in [-0.1, -0.05) is 24.3 Å². The monoisotopic (exact) mass is 444 g/mol. The fourth-order valence-electron chi connectivity index (χ4n) is 3.50. The van der Waals surface area contributed by atoms with E-state index in [-0.39, 0.29) is 11.4 Å². The lowest BCUT2D eigenvalue weighted by atomic mass is 10.2. The molecule has 1 aromatic heterocycles. The molecule has 9 heteroatoms. The van der Waals surface area contributed by atoms with Gasteiger partial charge in [-0.05, 0) is 45.7 Å². The molecule has 0 aliphatic carbocycles. The zero-order valence-electron chi connectivity index (χ0n) is 18.1. The summed E-state index contributed by atoms with van der Waals surface area (Å²) in [5, 5.41) is 3.80. The van der Waals surface area contributed by atoms with Crippen LogP contribution in [0.3, 0.4) is 0 Å². The highest BCUT2D eigenvalue weighted by Crippen LogP contribution is 2.31. The Hall–Kier alpha value is -2.94. The molecule has 2 heterocycles. The van der Waals surface area contributed by atoms with Crippen LogP contribution < -0.4 is 15.0 Å². The summed E-state index contributed by atoms with van der Waals surface area (Å²) in [6.45, 7) is 5.93. The first-order valence-corrected chi connectivity index (χ1v) is 12.2. The number of rotatable bonds is 7. The second kappa shape index (κ2) is 9.47. The van der Waals surface area contributed by atoms with E-state index >= 15 is 0 Å². The average molecular weight is 445 g/mol. The largest absolute Gasteiger partial charge is 0.438 e. The molecule has 166 valence electrons. The van der Waals surface area contributed by atoms with Crippen molar-refractivity contribution in [2.45, 2.75) is 51.7 Å². The number of nitrogens with one attached hydrogen (secondary N) is 1. The molecular weight excluding hydrogens is 416 g/mol. The number of sulfone groups is 1.